The lowest BCUT2D eigenvalue weighted by Crippen LogP contribution is -2.45. The van der Waals surface area contributed by atoms with Gasteiger partial charge in [0.25, 0.3) is 0 Å². The first-order valence-electron chi connectivity index (χ1n) is 21.4. The number of aromatic nitrogens is 1. The summed E-state index contributed by atoms with van der Waals surface area (Å²) in [7, 11) is -2.31. The highest BCUT2D eigenvalue weighted by Crippen LogP contribution is 2.74. The van der Waals surface area contributed by atoms with Gasteiger partial charge in [0, 0.05) is 41.8 Å². The molecule has 3 aromatic carbocycles. The summed E-state index contributed by atoms with van der Waals surface area (Å²) in [6.45, 7) is 0.126. The van der Waals surface area contributed by atoms with Crippen LogP contribution in [0.1, 0.15) is 89.0 Å². The number of Topliss-reactive ketones (excluding diaryl/α,β-unsaturated/α-hetero) is 1. The van der Waals surface area contributed by atoms with E-state index in [2.05, 4.69) is 6.08 Å². The Kier molecular flexibility index (Phi) is 12.4. The number of carbonyl (C=O) groups excluding carboxylic acids is 3. The lowest BCUT2D eigenvalue weighted by Gasteiger charge is -2.30. The maximum atomic E-state index is 14.9. The summed E-state index contributed by atoms with van der Waals surface area (Å²) < 4.78 is 32.8. The summed E-state index contributed by atoms with van der Waals surface area (Å²) in [6, 6.07) is 25.7. The Bertz CT molecular complexity index is 2220. The van der Waals surface area contributed by atoms with E-state index in [1.165, 1.54) is 0 Å². The largest absolute Gasteiger partial charge is 0.497 e. The first-order chi connectivity index (χ1) is 28.6. The van der Waals surface area contributed by atoms with Gasteiger partial charge in [-0.15, -0.1) is 0 Å². The molecule has 0 bridgehead atoms. The van der Waals surface area contributed by atoms with Crippen molar-refractivity contribution < 1.29 is 38.1 Å². The van der Waals surface area contributed by atoms with E-state index in [4.69, 9.17) is 19.2 Å². The molecule has 2 saturated carbocycles. The van der Waals surface area contributed by atoms with Crippen LogP contribution in [0.2, 0.25) is 0 Å². The van der Waals surface area contributed by atoms with Gasteiger partial charge in [-0.2, -0.15) is 0 Å². The fourth-order valence-corrected chi connectivity index (χ4v) is 12.1. The Morgan fingerprint density at radius 3 is 2.42 bits per heavy atom. The minimum atomic E-state index is -3.92. The van der Waals surface area contributed by atoms with E-state index in [-0.39, 0.29) is 61.7 Å². The van der Waals surface area contributed by atoms with E-state index < -0.39 is 30.6 Å². The van der Waals surface area contributed by atoms with Crippen molar-refractivity contribution in [1.82, 2.24) is 9.88 Å². The molecule has 2 aliphatic carbocycles. The molecule has 6 atom stereocenters. The van der Waals surface area contributed by atoms with Crippen LogP contribution in [0.15, 0.2) is 97.1 Å². The zero-order valence-corrected chi connectivity index (χ0v) is 34.8. The third-order valence-corrected chi connectivity index (χ3v) is 15.8. The van der Waals surface area contributed by atoms with Crippen molar-refractivity contribution in [3.8, 4) is 22.8 Å². The Morgan fingerprint density at radius 2 is 1.66 bits per heavy atom. The van der Waals surface area contributed by atoms with Gasteiger partial charge >= 0.3 is 5.97 Å². The summed E-state index contributed by atoms with van der Waals surface area (Å²) in [5.74, 6) is -0.563. The van der Waals surface area contributed by atoms with Gasteiger partial charge < -0.3 is 24.0 Å². The van der Waals surface area contributed by atoms with Crippen LogP contribution in [0.5, 0.6) is 11.5 Å². The molecule has 10 nitrogen and oxygen atoms in total. The number of methoxy groups -OCH3 is 1. The van der Waals surface area contributed by atoms with E-state index >= 15 is 0 Å². The summed E-state index contributed by atoms with van der Waals surface area (Å²) in [6.07, 6.45) is 11.4. The summed E-state index contributed by atoms with van der Waals surface area (Å²) in [4.78, 5) is 61.6. The van der Waals surface area contributed by atoms with Crippen molar-refractivity contribution in [3.63, 3.8) is 0 Å². The molecular weight excluding hydrogens is 764 g/mol. The molecule has 1 aromatic heterocycles. The Labute approximate surface area is 346 Å². The smallest absolute Gasteiger partial charge is 0.306 e. The van der Waals surface area contributed by atoms with Crippen molar-refractivity contribution in [2.45, 2.75) is 113 Å². The second-order valence-corrected chi connectivity index (χ2v) is 19.6. The Morgan fingerprint density at radius 1 is 0.915 bits per heavy atom. The van der Waals surface area contributed by atoms with Gasteiger partial charge in [-0.25, -0.2) is 4.98 Å². The zero-order chi connectivity index (χ0) is 41.0. The second kappa shape index (κ2) is 17.8. The molecule has 3 fully saturated rings. The monoisotopic (exact) mass is 818 g/mol. The van der Waals surface area contributed by atoms with Gasteiger partial charge in [0.2, 0.25) is 13.3 Å². The van der Waals surface area contributed by atoms with E-state index in [1.807, 2.05) is 91.0 Å². The molecule has 8 rings (SSSR count). The van der Waals surface area contributed by atoms with Crippen molar-refractivity contribution in [1.29, 1.82) is 0 Å². The van der Waals surface area contributed by atoms with Crippen LogP contribution in [-0.2, 0) is 29.8 Å². The summed E-state index contributed by atoms with van der Waals surface area (Å²) >= 11 is 0. The number of hydrogen-bond acceptors (Lipinski definition) is 8. The number of amides is 1. The van der Waals surface area contributed by atoms with Crippen LogP contribution < -0.4 is 9.47 Å². The van der Waals surface area contributed by atoms with Gasteiger partial charge in [0.1, 0.15) is 23.7 Å². The van der Waals surface area contributed by atoms with Gasteiger partial charge in [-0.3, -0.25) is 18.9 Å². The first kappa shape index (κ1) is 41.0. The number of allylic oxidation sites excluding steroid dienone is 2. The summed E-state index contributed by atoms with van der Waals surface area (Å²) in [5.41, 5.74) is 3.03. The number of fused-ring (bicyclic) bond motifs is 3. The van der Waals surface area contributed by atoms with Crippen LogP contribution in [0.3, 0.4) is 0 Å². The number of ether oxygens (including phenoxy) is 3. The van der Waals surface area contributed by atoms with Crippen molar-refractivity contribution >= 4 is 35.9 Å². The van der Waals surface area contributed by atoms with Crippen LogP contribution in [-0.4, -0.2) is 69.5 Å². The van der Waals surface area contributed by atoms with E-state index in [0.717, 1.165) is 67.9 Å². The van der Waals surface area contributed by atoms with Crippen molar-refractivity contribution in [2.24, 2.45) is 11.8 Å². The average Bonchev–Trinajstić information content (AvgIpc) is 3.49. The van der Waals surface area contributed by atoms with E-state index in [0.29, 0.717) is 35.6 Å². The topological polar surface area (TPSA) is 132 Å². The minimum Gasteiger partial charge on any atom is -0.497 e. The molecule has 3 heterocycles. The molecule has 0 spiro atoms. The molecule has 1 amide bonds. The molecule has 11 heteroatoms. The van der Waals surface area contributed by atoms with Gasteiger partial charge in [-0.05, 0) is 75.0 Å². The number of pyridine rings is 1. The fraction of sp³-hybridized carbons (Fsp3) is 0.458. The highest BCUT2D eigenvalue weighted by atomic mass is 31.2. The van der Waals surface area contributed by atoms with Crippen molar-refractivity contribution in [2.75, 3.05) is 13.7 Å². The number of hydrogen-bond donors (Lipinski definition) is 1. The number of ketones is 1. The minimum absolute atomic E-state index is 0.0284. The number of rotatable bonds is 10. The molecule has 1 saturated heterocycles. The Hall–Kier alpha value is -4.79. The van der Waals surface area contributed by atoms with Crippen LogP contribution in [0.25, 0.3) is 22.2 Å². The number of carbonyl (C=O) groups is 3. The predicted molar refractivity (Wildman–Crippen MR) is 227 cm³/mol. The maximum absolute atomic E-state index is 14.9. The average molecular weight is 819 g/mol. The van der Waals surface area contributed by atoms with Gasteiger partial charge in [-0.1, -0.05) is 85.7 Å². The maximum Gasteiger partial charge on any atom is 0.306 e. The molecule has 59 heavy (non-hydrogen) atoms. The summed E-state index contributed by atoms with van der Waals surface area (Å²) in [5, 5.41) is -0.367. The van der Waals surface area contributed by atoms with Crippen LogP contribution >= 0.6 is 7.37 Å². The van der Waals surface area contributed by atoms with E-state index in [9.17, 15) is 23.8 Å². The molecule has 0 radical (unpaired) electrons. The molecular formula is C48H55N2O8P. The molecule has 310 valence electrons. The van der Waals surface area contributed by atoms with Gasteiger partial charge in [0.15, 0.2) is 5.78 Å². The molecule has 2 aliphatic heterocycles. The third kappa shape index (κ3) is 9.19. The highest BCUT2D eigenvalue weighted by molar-refractivity contribution is 7.59. The fourth-order valence-electron chi connectivity index (χ4n) is 9.55. The molecule has 1 N–H and O–H groups in total. The van der Waals surface area contributed by atoms with Crippen molar-refractivity contribution in [3.05, 3.63) is 103 Å². The molecule has 4 aromatic rings. The highest BCUT2D eigenvalue weighted by Gasteiger charge is 2.65. The lowest BCUT2D eigenvalue weighted by atomic mass is 9.94. The lowest BCUT2D eigenvalue weighted by molar-refractivity contribution is -0.154. The number of benzene rings is 3. The standard InChI is InChI=1S/C48H55N2O8P/c1-56-38-23-24-40-42(26-38)49-41(34-17-10-6-11-18-34)28-45(40)57-39-27-43-44(51)30-48(59(54,55)32-33-15-7-5-8-16-33)29-36(48)20-12-4-2-3-9-19-35(47(53)50(43)31-39)25-46(52)58-37-21-13-14-22-37/h5-8,10-12,15-18,20,23-24,26,28,35-37,39,43H,2-4,9,13-14,19,21-22,25,27,29-32H2,1H3,(H,54,55)/b20-12-/t35?,36-,39+,43-,48+/m0/s1. The first-order valence-corrected chi connectivity index (χ1v) is 23.2. The predicted octanol–water partition coefficient (Wildman–Crippen LogP) is 9.46. The molecule has 4 aliphatic rings. The quantitative estimate of drug-likeness (QED) is 0.0944. The van der Waals surface area contributed by atoms with E-state index in [1.54, 1.807) is 12.0 Å². The Balaban J connectivity index is 1.13. The normalized spacial score (nSPS) is 26.8. The number of esters is 1. The molecule has 2 unspecified atom stereocenters. The zero-order valence-electron chi connectivity index (χ0n) is 33.9. The van der Waals surface area contributed by atoms with Gasteiger partial charge in [0.05, 0.1) is 48.6 Å². The van der Waals surface area contributed by atoms with Crippen LogP contribution in [0.4, 0.5) is 0 Å². The number of nitrogens with zero attached hydrogens (tertiary/aromatic N) is 2. The van der Waals surface area contributed by atoms with Crippen LogP contribution in [0, 0.1) is 11.8 Å². The third-order valence-electron chi connectivity index (χ3n) is 12.9. The SMILES string of the molecule is COc1ccc2c(O[C@@H]3C[C@H]4C(=O)C[C@]5(P(=O)(O)Cc6ccccc6)C[C@@H]5/C=C\CCCCCC(CC(=O)OC5CCCC5)C(=O)N4C3)cc(-c3ccccc3)nc2c1. The second-order valence-electron chi connectivity index (χ2n) is 17.0.